The third-order valence-electron chi connectivity index (χ3n) is 2.92. The van der Waals surface area contributed by atoms with Crippen LogP contribution < -0.4 is 0 Å². The summed E-state index contributed by atoms with van der Waals surface area (Å²) in [6.45, 7) is 5.69. The van der Waals surface area contributed by atoms with E-state index in [0.717, 1.165) is 5.56 Å². The molecule has 0 atom stereocenters. The minimum atomic E-state index is -0.702. The van der Waals surface area contributed by atoms with Gasteiger partial charge in [0.15, 0.2) is 5.79 Å². The molecule has 5 heteroatoms. The Kier molecular flexibility index (Phi) is 3.07. The molecule has 0 fully saturated rings. The van der Waals surface area contributed by atoms with Crippen LogP contribution in [0.25, 0.3) is 0 Å². The molecule has 0 aliphatic carbocycles. The molecule has 2 N–H and O–H groups in total. The highest BCUT2D eigenvalue weighted by molar-refractivity contribution is 5.44. The normalized spacial score (nSPS) is 18.6. The maximum Gasteiger partial charge on any atom is 0.163 e. The molecule has 2 rings (SSSR count). The molecule has 1 aromatic rings. The van der Waals surface area contributed by atoms with Gasteiger partial charge in [0.05, 0.1) is 31.2 Å². The van der Waals surface area contributed by atoms with Crippen LogP contribution in [0.4, 0.5) is 0 Å². The number of aromatic hydroxyl groups is 1. The van der Waals surface area contributed by atoms with Crippen LogP contribution in [0.3, 0.4) is 0 Å². The van der Waals surface area contributed by atoms with Gasteiger partial charge in [0.1, 0.15) is 5.75 Å². The first-order chi connectivity index (χ1) is 7.94. The monoisotopic (exact) mass is 239 g/mol. The molecule has 0 bridgehead atoms. The minimum absolute atomic E-state index is 0.124. The van der Waals surface area contributed by atoms with Crippen molar-refractivity contribution in [3.63, 3.8) is 0 Å². The summed E-state index contributed by atoms with van der Waals surface area (Å²) in [6, 6.07) is 0. The zero-order chi connectivity index (χ0) is 12.6. The fourth-order valence-electron chi connectivity index (χ4n) is 1.85. The first kappa shape index (κ1) is 12.3. The van der Waals surface area contributed by atoms with E-state index in [-0.39, 0.29) is 25.6 Å². The van der Waals surface area contributed by atoms with Crippen LogP contribution >= 0.6 is 0 Å². The Hall–Kier alpha value is -1.17. The summed E-state index contributed by atoms with van der Waals surface area (Å²) in [4.78, 5) is 4.16. The van der Waals surface area contributed by atoms with E-state index in [1.807, 2.05) is 13.8 Å². The maximum absolute atomic E-state index is 9.98. The lowest BCUT2D eigenvalue weighted by Gasteiger charge is -2.22. The maximum atomic E-state index is 9.98. The second-order valence-corrected chi connectivity index (χ2v) is 4.58. The van der Waals surface area contributed by atoms with Gasteiger partial charge in [-0.2, -0.15) is 0 Å². The van der Waals surface area contributed by atoms with Crippen LogP contribution in [-0.4, -0.2) is 21.0 Å². The molecule has 0 aromatic carbocycles. The van der Waals surface area contributed by atoms with Crippen molar-refractivity contribution in [1.29, 1.82) is 0 Å². The molecule has 1 aliphatic rings. The summed E-state index contributed by atoms with van der Waals surface area (Å²) in [5.41, 5.74) is 2.42. The van der Waals surface area contributed by atoms with E-state index in [4.69, 9.17) is 9.47 Å². The summed E-state index contributed by atoms with van der Waals surface area (Å²) in [5.74, 6) is -0.579. The zero-order valence-corrected chi connectivity index (χ0v) is 10.3. The van der Waals surface area contributed by atoms with E-state index in [1.54, 1.807) is 6.92 Å². The Morgan fingerprint density at radius 3 is 2.41 bits per heavy atom. The number of fused-ring (bicyclic) bond motifs is 1. The van der Waals surface area contributed by atoms with E-state index in [0.29, 0.717) is 17.0 Å². The number of nitrogens with zero attached hydrogens (tertiary/aromatic N) is 1. The number of hydrogen-bond acceptors (Lipinski definition) is 5. The topological polar surface area (TPSA) is 71.8 Å². The van der Waals surface area contributed by atoms with Crippen molar-refractivity contribution in [2.24, 2.45) is 0 Å². The van der Waals surface area contributed by atoms with E-state index >= 15 is 0 Å². The van der Waals surface area contributed by atoms with Gasteiger partial charge in [0.25, 0.3) is 0 Å². The molecule has 0 spiro atoms. The zero-order valence-electron chi connectivity index (χ0n) is 10.3. The predicted octanol–water partition coefficient (Wildman–Crippen LogP) is 1.37. The van der Waals surface area contributed by atoms with Gasteiger partial charge in [-0.05, 0) is 20.8 Å². The molecule has 1 aliphatic heterocycles. The number of aromatic nitrogens is 1. The average molecular weight is 239 g/mol. The largest absolute Gasteiger partial charge is 0.506 e. The van der Waals surface area contributed by atoms with Crippen molar-refractivity contribution >= 4 is 0 Å². The second-order valence-electron chi connectivity index (χ2n) is 4.58. The van der Waals surface area contributed by atoms with Gasteiger partial charge in [0.2, 0.25) is 0 Å². The van der Waals surface area contributed by atoms with Crippen LogP contribution in [0.15, 0.2) is 0 Å². The van der Waals surface area contributed by atoms with Gasteiger partial charge in [-0.15, -0.1) is 0 Å². The van der Waals surface area contributed by atoms with Gasteiger partial charge in [-0.3, -0.25) is 4.98 Å². The highest BCUT2D eigenvalue weighted by Gasteiger charge is 2.28. The number of hydrogen-bond donors (Lipinski definition) is 2. The number of ether oxygens (including phenoxy) is 2. The van der Waals surface area contributed by atoms with Crippen LogP contribution in [0, 0.1) is 6.92 Å². The highest BCUT2D eigenvalue weighted by atomic mass is 16.7. The molecule has 5 nitrogen and oxygen atoms in total. The third-order valence-corrected chi connectivity index (χ3v) is 2.92. The van der Waals surface area contributed by atoms with Crippen molar-refractivity contribution < 1.29 is 19.7 Å². The van der Waals surface area contributed by atoms with Gasteiger partial charge in [-0.1, -0.05) is 0 Å². The van der Waals surface area contributed by atoms with E-state index in [2.05, 4.69) is 4.98 Å². The lowest BCUT2D eigenvalue weighted by atomic mass is 10.1. The van der Waals surface area contributed by atoms with Crippen LogP contribution in [0.5, 0.6) is 5.75 Å². The lowest BCUT2D eigenvalue weighted by molar-refractivity contribution is -0.219. The molecule has 1 aromatic heterocycles. The number of rotatable bonds is 1. The molecule has 0 amide bonds. The highest BCUT2D eigenvalue weighted by Crippen LogP contribution is 2.33. The van der Waals surface area contributed by atoms with Crippen molar-refractivity contribution in [2.45, 2.75) is 46.4 Å². The van der Waals surface area contributed by atoms with Crippen molar-refractivity contribution in [1.82, 2.24) is 4.98 Å². The van der Waals surface area contributed by atoms with Gasteiger partial charge < -0.3 is 19.7 Å². The van der Waals surface area contributed by atoms with Crippen molar-refractivity contribution in [3.8, 4) is 5.75 Å². The molecule has 2 heterocycles. The molecular formula is C12H17NO4. The number of aliphatic hydroxyl groups is 1. The smallest absolute Gasteiger partial charge is 0.163 e. The molecule has 94 valence electrons. The molecule has 0 unspecified atom stereocenters. The predicted molar refractivity (Wildman–Crippen MR) is 60.2 cm³/mol. The summed E-state index contributed by atoms with van der Waals surface area (Å²) in [7, 11) is 0. The molecule has 17 heavy (non-hydrogen) atoms. The number of aliphatic hydroxyl groups excluding tert-OH is 1. The Bertz CT molecular complexity index is 443. The van der Waals surface area contributed by atoms with Crippen LogP contribution in [0.2, 0.25) is 0 Å². The number of aryl methyl sites for hydroxylation is 1. The van der Waals surface area contributed by atoms with Crippen molar-refractivity contribution in [2.75, 3.05) is 0 Å². The van der Waals surface area contributed by atoms with Crippen molar-refractivity contribution in [3.05, 3.63) is 22.5 Å². The van der Waals surface area contributed by atoms with Gasteiger partial charge >= 0.3 is 0 Å². The first-order valence-electron chi connectivity index (χ1n) is 5.53. The summed E-state index contributed by atoms with van der Waals surface area (Å²) in [5, 5.41) is 19.3. The van der Waals surface area contributed by atoms with Crippen LogP contribution in [-0.2, 0) is 29.3 Å². The SMILES string of the molecule is Cc1nc(CO)c2c(c1O)COC(C)(C)OC2. The summed E-state index contributed by atoms with van der Waals surface area (Å²) >= 11 is 0. The lowest BCUT2D eigenvalue weighted by Crippen LogP contribution is -2.25. The Labute approximate surface area is 100 Å². The number of pyridine rings is 1. The molecule has 0 saturated carbocycles. The molecular weight excluding hydrogens is 222 g/mol. The Morgan fingerprint density at radius 2 is 1.82 bits per heavy atom. The first-order valence-corrected chi connectivity index (χ1v) is 5.53. The quantitative estimate of drug-likeness (QED) is 0.774. The average Bonchev–Trinajstić information content (AvgIpc) is 2.43. The second kappa shape index (κ2) is 4.25. The van der Waals surface area contributed by atoms with Gasteiger partial charge in [-0.25, -0.2) is 0 Å². The summed E-state index contributed by atoms with van der Waals surface area (Å²) in [6.07, 6.45) is 0. The minimum Gasteiger partial charge on any atom is -0.506 e. The van der Waals surface area contributed by atoms with Gasteiger partial charge in [0, 0.05) is 11.1 Å². The Balaban J connectivity index is 2.51. The third kappa shape index (κ3) is 2.26. The van der Waals surface area contributed by atoms with E-state index in [1.165, 1.54) is 0 Å². The summed E-state index contributed by atoms with van der Waals surface area (Å²) < 4.78 is 11.1. The van der Waals surface area contributed by atoms with Crippen LogP contribution in [0.1, 0.15) is 36.4 Å². The standard InChI is InChI=1S/C12H17NO4/c1-7-11(15)9-6-17-12(2,3)16-5-8(9)10(4-14)13-7/h14-15H,4-6H2,1-3H3. The fourth-order valence-corrected chi connectivity index (χ4v) is 1.85. The van der Waals surface area contributed by atoms with E-state index < -0.39 is 5.79 Å². The van der Waals surface area contributed by atoms with E-state index in [9.17, 15) is 10.2 Å². The Morgan fingerprint density at radius 1 is 1.24 bits per heavy atom. The molecule has 0 saturated heterocycles. The fraction of sp³-hybridized carbons (Fsp3) is 0.583. The molecule has 0 radical (unpaired) electrons.